The SMILES string of the molecule is Cc1ccc(N)c(C(=O)NC(C)Cc2ccsc2)c1. The van der Waals surface area contributed by atoms with Crippen molar-refractivity contribution in [1.82, 2.24) is 5.32 Å². The largest absolute Gasteiger partial charge is 0.398 e. The first-order valence-electron chi connectivity index (χ1n) is 6.24. The van der Waals surface area contributed by atoms with Crippen molar-refractivity contribution in [3.63, 3.8) is 0 Å². The summed E-state index contributed by atoms with van der Waals surface area (Å²) in [6.07, 6.45) is 0.834. The first-order valence-corrected chi connectivity index (χ1v) is 7.18. The number of aryl methyl sites for hydroxylation is 1. The van der Waals surface area contributed by atoms with Crippen LogP contribution in [-0.2, 0) is 6.42 Å². The average Bonchev–Trinajstić information content (AvgIpc) is 2.84. The van der Waals surface area contributed by atoms with E-state index >= 15 is 0 Å². The maximum Gasteiger partial charge on any atom is 0.253 e. The van der Waals surface area contributed by atoms with Crippen molar-refractivity contribution >= 4 is 22.9 Å². The number of benzene rings is 1. The molecule has 1 aromatic heterocycles. The van der Waals surface area contributed by atoms with Gasteiger partial charge in [0.05, 0.1) is 5.56 Å². The fourth-order valence-corrected chi connectivity index (χ4v) is 2.66. The van der Waals surface area contributed by atoms with E-state index in [0.29, 0.717) is 11.3 Å². The lowest BCUT2D eigenvalue weighted by Gasteiger charge is -2.14. The number of nitrogen functional groups attached to an aromatic ring is 1. The molecule has 4 heteroatoms. The number of carbonyl (C=O) groups excluding carboxylic acids is 1. The van der Waals surface area contributed by atoms with Crippen LogP contribution in [0.4, 0.5) is 5.69 Å². The molecule has 3 N–H and O–H groups in total. The fourth-order valence-electron chi connectivity index (χ4n) is 1.98. The highest BCUT2D eigenvalue weighted by atomic mass is 32.1. The van der Waals surface area contributed by atoms with E-state index in [1.807, 2.05) is 31.4 Å². The molecule has 19 heavy (non-hydrogen) atoms. The van der Waals surface area contributed by atoms with E-state index in [1.54, 1.807) is 17.4 Å². The van der Waals surface area contributed by atoms with Gasteiger partial charge in [-0.05, 0) is 54.8 Å². The van der Waals surface area contributed by atoms with Crippen molar-refractivity contribution in [3.8, 4) is 0 Å². The molecule has 1 aromatic carbocycles. The molecule has 2 aromatic rings. The number of amides is 1. The highest BCUT2D eigenvalue weighted by Crippen LogP contribution is 2.14. The monoisotopic (exact) mass is 274 g/mol. The Labute approximate surface area is 117 Å². The molecule has 0 radical (unpaired) electrons. The Morgan fingerprint density at radius 1 is 1.42 bits per heavy atom. The van der Waals surface area contributed by atoms with Crippen LogP contribution in [0.5, 0.6) is 0 Å². The Morgan fingerprint density at radius 2 is 2.21 bits per heavy atom. The van der Waals surface area contributed by atoms with Gasteiger partial charge in [0.1, 0.15) is 0 Å². The van der Waals surface area contributed by atoms with Crippen LogP contribution in [-0.4, -0.2) is 11.9 Å². The van der Waals surface area contributed by atoms with Crippen molar-refractivity contribution < 1.29 is 4.79 Å². The minimum atomic E-state index is -0.107. The molecule has 0 aliphatic carbocycles. The van der Waals surface area contributed by atoms with Crippen LogP contribution in [0.3, 0.4) is 0 Å². The van der Waals surface area contributed by atoms with Crippen LogP contribution < -0.4 is 11.1 Å². The zero-order chi connectivity index (χ0) is 13.8. The van der Waals surface area contributed by atoms with Gasteiger partial charge < -0.3 is 11.1 Å². The second kappa shape index (κ2) is 5.89. The van der Waals surface area contributed by atoms with Gasteiger partial charge in [-0.3, -0.25) is 4.79 Å². The molecule has 1 heterocycles. The van der Waals surface area contributed by atoms with Gasteiger partial charge in [0.2, 0.25) is 0 Å². The molecule has 0 aliphatic rings. The second-order valence-electron chi connectivity index (χ2n) is 4.80. The van der Waals surface area contributed by atoms with E-state index in [9.17, 15) is 4.79 Å². The number of hydrogen-bond acceptors (Lipinski definition) is 3. The molecule has 0 saturated heterocycles. The van der Waals surface area contributed by atoms with Gasteiger partial charge in [0.25, 0.3) is 5.91 Å². The van der Waals surface area contributed by atoms with Gasteiger partial charge in [-0.25, -0.2) is 0 Å². The van der Waals surface area contributed by atoms with E-state index in [1.165, 1.54) is 5.56 Å². The Morgan fingerprint density at radius 3 is 2.89 bits per heavy atom. The van der Waals surface area contributed by atoms with Crippen LogP contribution in [0, 0.1) is 6.92 Å². The van der Waals surface area contributed by atoms with E-state index in [2.05, 4.69) is 16.8 Å². The van der Waals surface area contributed by atoms with Gasteiger partial charge in [0.15, 0.2) is 0 Å². The zero-order valence-electron chi connectivity index (χ0n) is 11.1. The van der Waals surface area contributed by atoms with Crippen LogP contribution >= 0.6 is 11.3 Å². The average molecular weight is 274 g/mol. The highest BCUT2D eigenvalue weighted by molar-refractivity contribution is 7.07. The zero-order valence-corrected chi connectivity index (χ0v) is 12.0. The van der Waals surface area contributed by atoms with Crippen molar-refractivity contribution in [2.24, 2.45) is 0 Å². The lowest BCUT2D eigenvalue weighted by Crippen LogP contribution is -2.34. The van der Waals surface area contributed by atoms with Gasteiger partial charge >= 0.3 is 0 Å². The maximum absolute atomic E-state index is 12.2. The summed E-state index contributed by atoms with van der Waals surface area (Å²) in [5.74, 6) is -0.107. The molecule has 1 amide bonds. The summed E-state index contributed by atoms with van der Waals surface area (Å²) in [7, 11) is 0. The van der Waals surface area contributed by atoms with E-state index in [-0.39, 0.29) is 11.9 Å². The van der Waals surface area contributed by atoms with Gasteiger partial charge in [-0.15, -0.1) is 0 Å². The summed E-state index contributed by atoms with van der Waals surface area (Å²) >= 11 is 1.67. The quantitative estimate of drug-likeness (QED) is 0.842. The lowest BCUT2D eigenvalue weighted by atomic mass is 10.1. The van der Waals surface area contributed by atoms with Crippen LogP contribution in [0.1, 0.15) is 28.4 Å². The molecular weight excluding hydrogens is 256 g/mol. The van der Waals surface area contributed by atoms with Crippen molar-refractivity contribution in [2.75, 3.05) is 5.73 Å². The molecule has 3 nitrogen and oxygen atoms in total. The topological polar surface area (TPSA) is 55.1 Å². The van der Waals surface area contributed by atoms with Crippen molar-refractivity contribution in [2.45, 2.75) is 26.3 Å². The second-order valence-corrected chi connectivity index (χ2v) is 5.58. The molecule has 1 unspecified atom stereocenters. The molecule has 0 spiro atoms. The minimum absolute atomic E-state index is 0.0852. The first-order chi connectivity index (χ1) is 9.06. The third-order valence-corrected chi connectivity index (χ3v) is 3.68. The molecule has 0 aliphatic heterocycles. The molecule has 0 saturated carbocycles. The standard InChI is InChI=1S/C15H18N2OS/c1-10-3-4-14(16)13(7-10)15(18)17-11(2)8-12-5-6-19-9-12/h3-7,9,11H,8,16H2,1-2H3,(H,17,18). The number of carbonyl (C=O) groups is 1. The predicted molar refractivity (Wildman–Crippen MR) is 80.5 cm³/mol. The van der Waals surface area contributed by atoms with Crippen molar-refractivity contribution in [3.05, 3.63) is 51.7 Å². The van der Waals surface area contributed by atoms with E-state index < -0.39 is 0 Å². The number of nitrogens with two attached hydrogens (primary N) is 1. The number of anilines is 1. The summed E-state index contributed by atoms with van der Waals surface area (Å²) in [6, 6.07) is 7.66. The smallest absolute Gasteiger partial charge is 0.253 e. The van der Waals surface area contributed by atoms with E-state index in [4.69, 9.17) is 5.73 Å². The summed E-state index contributed by atoms with van der Waals surface area (Å²) in [5, 5.41) is 7.13. The normalized spacial score (nSPS) is 12.1. The summed E-state index contributed by atoms with van der Waals surface area (Å²) in [5.41, 5.74) is 9.19. The number of hydrogen-bond donors (Lipinski definition) is 2. The molecular formula is C15H18N2OS. The van der Waals surface area contributed by atoms with Crippen molar-refractivity contribution in [1.29, 1.82) is 0 Å². The van der Waals surface area contributed by atoms with Crippen LogP contribution in [0.15, 0.2) is 35.0 Å². The molecule has 2 rings (SSSR count). The minimum Gasteiger partial charge on any atom is -0.398 e. The molecule has 100 valence electrons. The summed E-state index contributed by atoms with van der Waals surface area (Å²) in [6.45, 7) is 3.95. The molecule has 0 bridgehead atoms. The number of nitrogens with one attached hydrogen (secondary N) is 1. The fraction of sp³-hybridized carbons (Fsp3) is 0.267. The predicted octanol–water partition coefficient (Wildman–Crippen LogP) is 3.00. The van der Waals surface area contributed by atoms with Gasteiger partial charge in [-0.2, -0.15) is 11.3 Å². The first kappa shape index (κ1) is 13.6. The van der Waals surface area contributed by atoms with Crippen LogP contribution in [0.25, 0.3) is 0 Å². The maximum atomic E-state index is 12.2. The number of thiophene rings is 1. The Kier molecular flexibility index (Phi) is 4.22. The highest BCUT2D eigenvalue weighted by Gasteiger charge is 2.13. The van der Waals surface area contributed by atoms with Gasteiger partial charge in [0, 0.05) is 11.7 Å². The Bertz CT molecular complexity index is 564. The van der Waals surface area contributed by atoms with E-state index in [0.717, 1.165) is 12.0 Å². The third-order valence-electron chi connectivity index (χ3n) is 2.95. The number of rotatable bonds is 4. The Hall–Kier alpha value is -1.81. The Balaban J connectivity index is 2.02. The molecule has 1 atom stereocenters. The lowest BCUT2D eigenvalue weighted by molar-refractivity contribution is 0.0941. The van der Waals surface area contributed by atoms with Crippen LogP contribution in [0.2, 0.25) is 0 Å². The summed E-state index contributed by atoms with van der Waals surface area (Å²) in [4.78, 5) is 12.2. The third kappa shape index (κ3) is 3.58. The summed E-state index contributed by atoms with van der Waals surface area (Å²) < 4.78 is 0. The molecule has 0 fully saturated rings. The van der Waals surface area contributed by atoms with Gasteiger partial charge in [-0.1, -0.05) is 11.6 Å².